The maximum Gasteiger partial charge on any atom is 0.407 e. The SMILES string of the molecule is CCCOc1ccc(C(=O)CCC(=O)NCC(CC(C)C)NC(=O)OCC)cc1. The van der Waals surface area contributed by atoms with Gasteiger partial charge < -0.3 is 20.1 Å². The van der Waals surface area contributed by atoms with Gasteiger partial charge >= 0.3 is 6.09 Å². The highest BCUT2D eigenvalue weighted by atomic mass is 16.5. The molecule has 2 amide bonds. The molecule has 0 bridgehead atoms. The molecule has 0 fully saturated rings. The van der Waals surface area contributed by atoms with Gasteiger partial charge in [0.15, 0.2) is 5.78 Å². The lowest BCUT2D eigenvalue weighted by Gasteiger charge is -2.20. The normalized spacial score (nSPS) is 11.6. The summed E-state index contributed by atoms with van der Waals surface area (Å²) < 4.78 is 10.4. The zero-order valence-corrected chi connectivity index (χ0v) is 18.0. The van der Waals surface area contributed by atoms with E-state index in [4.69, 9.17) is 9.47 Å². The Morgan fingerprint density at radius 2 is 1.72 bits per heavy atom. The molecule has 162 valence electrons. The largest absolute Gasteiger partial charge is 0.494 e. The van der Waals surface area contributed by atoms with E-state index in [1.165, 1.54) is 0 Å². The summed E-state index contributed by atoms with van der Waals surface area (Å²) in [5, 5.41) is 5.55. The highest BCUT2D eigenvalue weighted by molar-refractivity contribution is 5.98. The molecule has 2 N–H and O–H groups in total. The molecule has 7 nitrogen and oxygen atoms in total. The Labute approximate surface area is 173 Å². The van der Waals surface area contributed by atoms with E-state index in [9.17, 15) is 14.4 Å². The van der Waals surface area contributed by atoms with Crippen LogP contribution in [0.5, 0.6) is 5.75 Å². The second-order valence-corrected chi connectivity index (χ2v) is 7.29. The van der Waals surface area contributed by atoms with Crippen molar-refractivity contribution in [3.8, 4) is 5.75 Å². The van der Waals surface area contributed by atoms with Crippen LogP contribution in [-0.2, 0) is 9.53 Å². The Hall–Kier alpha value is -2.57. The number of rotatable bonds is 13. The monoisotopic (exact) mass is 406 g/mol. The van der Waals surface area contributed by atoms with Gasteiger partial charge in [-0.3, -0.25) is 9.59 Å². The van der Waals surface area contributed by atoms with Crippen molar-refractivity contribution in [1.29, 1.82) is 0 Å². The van der Waals surface area contributed by atoms with Gasteiger partial charge in [-0.2, -0.15) is 0 Å². The number of amides is 2. The van der Waals surface area contributed by atoms with Gasteiger partial charge in [-0.25, -0.2) is 4.79 Å². The zero-order valence-electron chi connectivity index (χ0n) is 18.0. The topological polar surface area (TPSA) is 93.7 Å². The third kappa shape index (κ3) is 10.5. The van der Waals surface area contributed by atoms with Gasteiger partial charge in [0.25, 0.3) is 0 Å². The number of carbonyl (C=O) groups is 3. The van der Waals surface area contributed by atoms with Crippen LogP contribution >= 0.6 is 0 Å². The van der Waals surface area contributed by atoms with Crippen LogP contribution in [-0.4, -0.2) is 43.6 Å². The zero-order chi connectivity index (χ0) is 21.6. The van der Waals surface area contributed by atoms with Crippen molar-refractivity contribution >= 4 is 17.8 Å². The Kier molecular flexibility index (Phi) is 11.5. The molecular formula is C22H34N2O5. The number of benzene rings is 1. The molecular weight excluding hydrogens is 372 g/mol. The molecule has 0 aliphatic heterocycles. The maximum atomic E-state index is 12.3. The molecule has 0 spiro atoms. The first-order chi connectivity index (χ1) is 13.8. The minimum atomic E-state index is -0.492. The van der Waals surface area contributed by atoms with E-state index in [2.05, 4.69) is 10.6 Å². The Morgan fingerprint density at radius 1 is 1.03 bits per heavy atom. The summed E-state index contributed by atoms with van der Waals surface area (Å²) in [4.78, 5) is 36.0. The lowest BCUT2D eigenvalue weighted by atomic mass is 10.0. The highest BCUT2D eigenvalue weighted by Gasteiger charge is 2.16. The molecule has 0 aliphatic rings. The number of ether oxygens (including phenoxy) is 2. The lowest BCUT2D eigenvalue weighted by molar-refractivity contribution is -0.121. The molecule has 7 heteroatoms. The molecule has 0 saturated carbocycles. The van der Waals surface area contributed by atoms with E-state index in [0.717, 1.165) is 12.2 Å². The molecule has 0 aliphatic carbocycles. The number of nitrogens with one attached hydrogen (secondary N) is 2. The van der Waals surface area contributed by atoms with E-state index in [0.29, 0.717) is 37.7 Å². The summed E-state index contributed by atoms with van der Waals surface area (Å²) in [5.41, 5.74) is 0.559. The number of carbonyl (C=O) groups excluding carboxylic acids is 3. The van der Waals surface area contributed by atoms with Gasteiger partial charge in [0.05, 0.1) is 13.2 Å². The van der Waals surface area contributed by atoms with Crippen LogP contribution < -0.4 is 15.4 Å². The number of Topliss-reactive ketones (excluding diaryl/α,β-unsaturated/α-hetero) is 1. The van der Waals surface area contributed by atoms with Gasteiger partial charge in [-0.05, 0) is 49.9 Å². The molecule has 0 heterocycles. The lowest BCUT2D eigenvalue weighted by Crippen LogP contribution is -2.44. The van der Waals surface area contributed by atoms with Crippen molar-refractivity contribution in [1.82, 2.24) is 10.6 Å². The maximum absolute atomic E-state index is 12.3. The molecule has 29 heavy (non-hydrogen) atoms. The first kappa shape index (κ1) is 24.5. The smallest absolute Gasteiger partial charge is 0.407 e. The van der Waals surface area contributed by atoms with E-state index >= 15 is 0 Å². The van der Waals surface area contributed by atoms with E-state index in [1.54, 1.807) is 31.2 Å². The standard InChI is InChI=1S/C22H34N2O5/c1-5-13-29-19-9-7-17(8-10-19)20(25)11-12-21(26)23-15-18(14-16(3)4)24-22(27)28-6-2/h7-10,16,18H,5-6,11-15H2,1-4H3,(H,23,26)(H,24,27). The van der Waals surface area contributed by atoms with Crippen molar-refractivity contribution in [2.75, 3.05) is 19.8 Å². The predicted octanol–water partition coefficient (Wildman–Crippen LogP) is 3.72. The van der Waals surface area contributed by atoms with Crippen LogP contribution in [0.3, 0.4) is 0 Å². The van der Waals surface area contributed by atoms with Gasteiger partial charge in [0.1, 0.15) is 5.75 Å². The molecule has 1 aromatic rings. The number of hydrogen-bond acceptors (Lipinski definition) is 5. The van der Waals surface area contributed by atoms with Crippen LogP contribution in [0.1, 0.15) is 63.7 Å². The van der Waals surface area contributed by atoms with Gasteiger partial charge in [0, 0.05) is 31.0 Å². The fourth-order valence-electron chi connectivity index (χ4n) is 2.76. The van der Waals surface area contributed by atoms with Crippen molar-refractivity contribution < 1.29 is 23.9 Å². The third-order valence-electron chi connectivity index (χ3n) is 4.13. The van der Waals surface area contributed by atoms with Crippen molar-refractivity contribution in [3.05, 3.63) is 29.8 Å². The second-order valence-electron chi connectivity index (χ2n) is 7.29. The fraction of sp³-hybridized carbons (Fsp3) is 0.591. The summed E-state index contributed by atoms with van der Waals surface area (Å²) in [5.74, 6) is 0.766. The average Bonchev–Trinajstić information content (AvgIpc) is 2.68. The van der Waals surface area contributed by atoms with Crippen molar-refractivity contribution in [2.24, 2.45) is 5.92 Å². The fourth-order valence-corrected chi connectivity index (χ4v) is 2.76. The van der Waals surface area contributed by atoms with E-state index < -0.39 is 6.09 Å². The summed E-state index contributed by atoms with van der Waals surface area (Å²) in [7, 11) is 0. The number of hydrogen-bond donors (Lipinski definition) is 2. The molecule has 1 unspecified atom stereocenters. The third-order valence-corrected chi connectivity index (χ3v) is 4.13. The average molecular weight is 407 g/mol. The molecule has 1 atom stereocenters. The van der Waals surface area contributed by atoms with Gasteiger partial charge in [-0.1, -0.05) is 20.8 Å². The van der Waals surface area contributed by atoms with Gasteiger partial charge in [0.2, 0.25) is 5.91 Å². The minimum Gasteiger partial charge on any atom is -0.494 e. The molecule has 0 saturated heterocycles. The van der Waals surface area contributed by atoms with Crippen molar-refractivity contribution in [3.63, 3.8) is 0 Å². The van der Waals surface area contributed by atoms with Gasteiger partial charge in [-0.15, -0.1) is 0 Å². The van der Waals surface area contributed by atoms with Crippen LogP contribution in [0.4, 0.5) is 4.79 Å². The Bertz CT molecular complexity index is 643. The predicted molar refractivity (Wildman–Crippen MR) is 112 cm³/mol. The van der Waals surface area contributed by atoms with Crippen molar-refractivity contribution in [2.45, 2.75) is 59.4 Å². The molecule has 0 aromatic heterocycles. The number of alkyl carbamates (subject to hydrolysis) is 1. The number of ketones is 1. The minimum absolute atomic E-state index is 0.0921. The summed E-state index contributed by atoms with van der Waals surface area (Å²) >= 11 is 0. The second kappa shape index (κ2) is 13.6. The first-order valence-corrected chi connectivity index (χ1v) is 10.3. The van der Waals surface area contributed by atoms with Crippen LogP contribution in [0.15, 0.2) is 24.3 Å². The molecule has 1 aromatic carbocycles. The summed E-state index contributed by atoms with van der Waals surface area (Å²) in [6, 6.07) is 6.74. The Balaban J connectivity index is 2.43. The van der Waals surface area contributed by atoms with E-state index in [-0.39, 0.29) is 30.6 Å². The molecule has 0 radical (unpaired) electrons. The summed E-state index contributed by atoms with van der Waals surface area (Å²) in [6.07, 6.45) is 1.36. The van der Waals surface area contributed by atoms with Crippen LogP contribution in [0.2, 0.25) is 0 Å². The van der Waals surface area contributed by atoms with Crippen LogP contribution in [0, 0.1) is 5.92 Å². The highest BCUT2D eigenvalue weighted by Crippen LogP contribution is 2.14. The van der Waals surface area contributed by atoms with Crippen LogP contribution in [0.25, 0.3) is 0 Å². The van der Waals surface area contributed by atoms with E-state index in [1.807, 2.05) is 20.8 Å². The molecule has 1 rings (SSSR count). The summed E-state index contributed by atoms with van der Waals surface area (Å²) in [6.45, 7) is 9.07. The first-order valence-electron chi connectivity index (χ1n) is 10.3. The quantitative estimate of drug-likeness (QED) is 0.487. The Morgan fingerprint density at radius 3 is 2.31 bits per heavy atom.